The molecule has 2 rings (SSSR count). The number of nitrogens with zero attached hydrogens (tertiary/aromatic N) is 1. The third kappa shape index (κ3) is 3.00. The molecule has 0 spiro atoms. The van der Waals surface area contributed by atoms with Crippen LogP contribution in [0.2, 0.25) is 0 Å². The van der Waals surface area contributed by atoms with Crippen LogP contribution in [0, 0.1) is 5.92 Å². The summed E-state index contributed by atoms with van der Waals surface area (Å²) in [4.78, 5) is 13.3. The van der Waals surface area contributed by atoms with Crippen molar-refractivity contribution in [3.05, 3.63) is 23.8 Å². The lowest BCUT2D eigenvalue weighted by atomic mass is 9.94. The number of nitrogens with two attached hydrogens (primary N) is 1. The highest BCUT2D eigenvalue weighted by molar-refractivity contribution is 5.70. The van der Waals surface area contributed by atoms with Crippen molar-refractivity contribution in [3.8, 4) is 0 Å². The van der Waals surface area contributed by atoms with Gasteiger partial charge in [-0.1, -0.05) is 13.8 Å². The molecule has 0 aliphatic carbocycles. The van der Waals surface area contributed by atoms with Crippen LogP contribution in [-0.2, 0) is 4.79 Å². The van der Waals surface area contributed by atoms with E-state index in [4.69, 9.17) is 10.8 Å². The number of piperidine rings is 1. The van der Waals surface area contributed by atoms with Crippen molar-refractivity contribution in [1.29, 1.82) is 0 Å². The Balaban J connectivity index is 2.17. The second-order valence-electron chi connectivity index (χ2n) is 5.57. The minimum absolute atomic E-state index is 0.187. The number of carboxylic acids is 1. The summed E-state index contributed by atoms with van der Waals surface area (Å²) in [5.74, 6) is -0.440. The Morgan fingerprint density at radius 2 is 2.00 bits per heavy atom. The fraction of sp³-hybridized carbons (Fsp3) is 0.533. The molecule has 0 amide bonds. The molecule has 0 atom stereocenters. The van der Waals surface area contributed by atoms with E-state index in [1.54, 1.807) is 0 Å². The third-order valence-corrected chi connectivity index (χ3v) is 3.86. The van der Waals surface area contributed by atoms with Crippen molar-refractivity contribution < 1.29 is 9.90 Å². The lowest BCUT2D eigenvalue weighted by Gasteiger charge is -2.34. The Kier molecular flexibility index (Phi) is 3.98. The van der Waals surface area contributed by atoms with Gasteiger partial charge in [-0.3, -0.25) is 4.79 Å². The normalized spacial score (nSPS) is 16.9. The molecule has 4 heteroatoms. The van der Waals surface area contributed by atoms with Crippen molar-refractivity contribution in [1.82, 2.24) is 0 Å². The van der Waals surface area contributed by atoms with Crippen LogP contribution in [0.25, 0.3) is 0 Å². The number of carboxylic acid groups (broad SMARTS) is 1. The van der Waals surface area contributed by atoms with Crippen molar-refractivity contribution in [2.75, 3.05) is 23.7 Å². The van der Waals surface area contributed by atoms with Crippen LogP contribution in [0.4, 0.5) is 11.4 Å². The number of benzene rings is 1. The number of aliphatic carboxylic acids is 1. The highest BCUT2D eigenvalue weighted by atomic mass is 16.4. The molecule has 1 aliphatic heterocycles. The van der Waals surface area contributed by atoms with E-state index in [0.717, 1.165) is 31.6 Å². The molecule has 1 aliphatic rings. The van der Waals surface area contributed by atoms with Crippen molar-refractivity contribution >= 4 is 17.3 Å². The van der Waals surface area contributed by atoms with E-state index in [0.29, 0.717) is 5.92 Å². The molecule has 0 saturated carbocycles. The van der Waals surface area contributed by atoms with Crippen LogP contribution in [0.1, 0.15) is 38.2 Å². The van der Waals surface area contributed by atoms with Crippen LogP contribution >= 0.6 is 0 Å². The predicted molar refractivity (Wildman–Crippen MR) is 77.5 cm³/mol. The van der Waals surface area contributed by atoms with E-state index in [9.17, 15) is 4.79 Å². The number of hydrogen-bond acceptors (Lipinski definition) is 3. The van der Waals surface area contributed by atoms with E-state index in [1.807, 2.05) is 12.1 Å². The molecule has 1 fully saturated rings. The summed E-state index contributed by atoms with van der Waals surface area (Å²) in [6.07, 6.45) is 1.44. The quantitative estimate of drug-likeness (QED) is 0.822. The average Bonchev–Trinajstić information content (AvgIpc) is 2.38. The number of anilines is 2. The second kappa shape index (κ2) is 5.51. The largest absolute Gasteiger partial charge is 0.481 e. The van der Waals surface area contributed by atoms with Gasteiger partial charge in [0.2, 0.25) is 0 Å². The molecule has 104 valence electrons. The second-order valence-corrected chi connectivity index (χ2v) is 5.57. The maximum absolute atomic E-state index is 11.0. The molecule has 4 nitrogen and oxygen atoms in total. The van der Waals surface area contributed by atoms with Crippen LogP contribution in [0.5, 0.6) is 0 Å². The summed E-state index contributed by atoms with van der Waals surface area (Å²) in [5.41, 5.74) is 9.09. The van der Waals surface area contributed by atoms with Crippen LogP contribution in [0.15, 0.2) is 18.2 Å². The summed E-state index contributed by atoms with van der Waals surface area (Å²) in [6, 6.07) is 6.01. The monoisotopic (exact) mass is 262 g/mol. The van der Waals surface area contributed by atoms with Gasteiger partial charge in [-0.05, 0) is 42.5 Å². The summed E-state index contributed by atoms with van der Waals surface area (Å²) >= 11 is 0. The highest BCUT2D eigenvalue weighted by Gasteiger charge is 2.25. The number of rotatable bonds is 3. The SMILES string of the molecule is CC(C)c1cc(N)ccc1N1CCC(C(=O)O)CC1. The third-order valence-electron chi connectivity index (χ3n) is 3.86. The van der Waals surface area contributed by atoms with Crippen molar-refractivity contribution in [3.63, 3.8) is 0 Å². The summed E-state index contributed by atoms with van der Waals surface area (Å²) in [6.45, 7) is 5.92. The van der Waals surface area contributed by atoms with E-state index < -0.39 is 5.97 Å². The lowest BCUT2D eigenvalue weighted by molar-refractivity contribution is -0.142. The number of nitrogen functional groups attached to an aromatic ring is 1. The fourth-order valence-corrected chi connectivity index (χ4v) is 2.69. The van der Waals surface area contributed by atoms with Gasteiger partial charge in [0, 0.05) is 24.5 Å². The average molecular weight is 262 g/mol. The minimum atomic E-state index is -0.666. The minimum Gasteiger partial charge on any atom is -0.481 e. The molecule has 0 aromatic heterocycles. The molecule has 1 heterocycles. The van der Waals surface area contributed by atoms with Gasteiger partial charge in [0.05, 0.1) is 5.92 Å². The van der Waals surface area contributed by atoms with Gasteiger partial charge in [-0.25, -0.2) is 0 Å². The first-order chi connectivity index (χ1) is 8.99. The molecule has 3 N–H and O–H groups in total. The van der Waals surface area contributed by atoms with Gasteiger partial charge in [0.15, 0.2) is 0 Å². The molecule has 0 bridgehead atoms. The molecule has 1 aromatic rings. The zero-order chi connectivity index (χ0) is 14.0. The zero-order valence-electron chi connectivity index (χ0n) is 11.6. The first-order valence-electron chi connectivity index (χ1n) is 6.86. The number of carbonyl (C=O) groups is 1. The summed E-state index contributed by atoms with van der Waals surface area (Å²) in [5, 5.41) is 9.04. The van der Waals surface area contributed by atoms with Crippen LogP contribution < -0.4 is 10.6 Å². The van der Waals surface area contributed by atoms with Gasteiger partial charge in [-0.15, -0.1) is 0 Å². The van der Waals surface area contributed by atoms with Crippen LogP contribution in [0.3, 0.4) is 0 Å². The molecular formula is C15H22N2O2. The smallest absolute Gasteiger partial charge is 0.306 e. The van der Waals surface area contributed by atoms with Gasteiger partial charge in [0.25, 0.3) is 0 Å². The molecule has 19 heavy (non-hydrogen) atoms. The fourth-order valence-electron chi connectivity index (χ4n) is 2.69. The summed E-state index contributed by atoms with van der Waals surface area (Å²) in [7, 11) is 0. The Morgan fingerprint density at radius 1 is 1.37 bits per heavy atom. The molecule has 0 unspecified atom stereocenters. The first-order valence-corrected chi connectivity index (χ1v) is 6.86. The lowest BCUT2D eigenvalue weighted by Crippen LogP contribution is -2.36. The Bertz CT molecular complexity index is 463. The van der Waals surface area contributed by atoms with Gasteiger partial charge in [0.1, 0.15) is 0 Å². The molecule has 1 aromatic carbocycles. The van der Waals surface area contributed by atoms with Gasteiger partial charge >= 0.3 is 5.97 Å². The topological polar surface area (TPSA) is 66.6 Å². The van der Waals surface area contributed by atoms with Crippen molar-refractivity contribution in [2.24, 2.45) is 5.92 Å². The summed E-state index contributed by atoms with van der Waals surface area (Å²) < 4.78 is 0. The Morgan fingerprint density at radius 3 is 2.53 bits per heavy atom. The van der Waals surface area contributed by atoms with Gasteiger partial charge < -0.3 is 15.7 Å². The Labute approximate surface area is 114 Å². The zero-order valence-corrected chi connectivity index (χ0v) is 11.6. The maximum atomic E-state index is 11.0. The molecular weight excluding hydrogens is 240 g/mol. The van der Waals surface area contributed by atoms with Gasteiger partial charge in [-0.2, -0.15) is 0 Å². The van der Waals surface area contributed by atoms with E-state index in [-0.39, 0.29) is 5.92 Å². The molecule has 1 saturated heterocycles. The predicted octanol–water partition coefficient (Wildman–Crippen LogP) is 2.69. The van der Waals surface area contributed by atoms with Crippen LogP contribution in [-0.4, -0.2) is 24.2 Å². The Hall–Kier alpha value is -1.71. The van der Waals surface area contributed by atoms with E-state index >= 15 is 0 Å². The van der Waals surface area contributed by atoms with Crippen molar-refractivity contribution in [2.45, 2.75) is 32.6 Å². The standard InChI is InChI=1S/C15H22N2O2/c1-10(2)13-9-12(16)3-4-14(13)17-7-5-11(6-8-17)15(18)19/h3-4,9-11H,5-8,16H2,1-2H3,(H,18,19). The molecule has 0 radical (unpaired) electrons. The van der Waals surface area contributed by atoms with E-state index in [2.05, 4.69) is 24.8 Å². The maximum Gasteiger partial charge on any atom is 0.306 e. The van der Waals surface area contributed by atoms with E-state index in [1.165, 1.54) is 11.3 Å². The number of hydrogen-bond donors (Lipinski definition) is 2. The highest BCUT2D eigenvalue weighted by Crippen LogP contribution is 2.32. The first kappa shape index (κ1) is 13.7.